The molecular formula is C22H19N3O5S2. The Bertz CT molecular complexity index is 1420. The van der Waals surface area contributed by atoms with Gasteiger partial charge in [-0.2, -0.15) is 0 Å². The topological polar surface area (TPSA) is 127 Å². The summed E-state index contributed by atoms with van der Waals surface area (Å²) in [7, 11) is -8.01. The molecule has 0 atom stereocenters. The Kier molecular flexibility index (Phi) is 5.59. The Morgan fingerprint density at radius 3 is 2.19 bits per heavy atom. The number of carbonyl (C=O) groups excluding carboxylic acids is 1. The van der Waals surface area contributed by atoms with E-state index in [1.165, 1.54) is 28.6 Å². The smallest absolute Gasteiger partial charge is 0.270 e. The van der Waals surface area contributed by atoms with Crippen LogP contribution in [0.4, 0.5) is 11.4 Å². The zero-order valence-electron chi connectivity index (χ0n) is 16.7. The molecule has 3 aromatic rings. The van der Waals surface area contributed by atoms with Crippen LogP contribution in [0.15, 0.2) is 94.9 Å². The number of hydrogen-bond donors (Lipinski definition) is 2. The first-order chi connectivity index (χ1) is 15.2. The van der Waals surface area contributed by atoms with Crippen LogP contribution in [0, 0.1) is 0 Å². The molecule has 0 aliphatic carbocycles. The molecule has 0 saturated heterocycles. The number of primary sulfonamides is 1. The van der Waals surface area contributed by atoms with Crippen molar-refractivity contribution in [1.82, 2.24) is 0 Å². The predicted octanol–water partition coefficient (Wildman–Crippen LogP) is 2.82. The van der Waals surface area contributed by atoms with Crippen molar-refractivity contribution in [2.24, 2.45) is 5.14 Å². The van der Waals surface area contributed by atoms with E-state index in [0.29, 0.717) is 11.4 Å². The van der Waals surface area contributed by atoms with Crippen molar-refractivity contribution in [3.05, 3.63) is 101 Å². The van der Waals surface area contributed by atoms with Gasteiger partial charge in [0.1, 0.15) is 0 Å². The molecule has 8 nitrogen and oxygen atoms in total. The third kappa shape index (κ3) is 4.15. The molecule has 0 unspecified atom stereocenters. The summed E-state index contributed by atoms with van der Waals surface area (Å²) >= 11 is 0. The quantitative estimate of drug-likeness (QED) is 0.553. The third-order valence-corrected chi connectivity index (χ3v) is 7.63. The highest BCUT2D eigenvalue weighted by molar-refractivity contribution is 7.97. The molecule has 0 bridgehead atoms. The van der Waals surface area contributed by atoms with Crippen LogP contribution in [0.3, 0.4) is 0 Å². The van der Waals surface area contributed by atoms with E-state index in [4.69, 9.17) is 5.14 Å². The number of fused-ring (bicyclic) bond motifs is 1. The van der Waals surface area contributed by atoms with Crippen molar-refractivity contribution in [2.45, 2.75) is 11.4 Å². The Hall–Kier alpha value is -3.47. The SMILES string of the molecule is NS(=O)(=O)c1ccc(N/C=C2\C(=O)c3ccccc3N(Cc3ccccc3)S2(=O)=O)cc1. The summed E-state index contributed by atoms with van der Waals surface area (Å²) in [5, 5.41) is 7.86. The average Bonchev–Trinajstić information content (AvgIpc) is 2.77. The van der Waals surface area contributed by atoms with E-state index in [2.05, 4.69) is 5.32 Å². The van der Waals surface area contributed by atoms with Gasteiger partial charge in [0.2, 0.25) is 15.8 Å². The lowest BCUT2D eigenvalue weighted by atomic mass is 10.1. The van der Waals surface area contributed by atoms with Gasteiger partial charge in [0, 0.05) is 17.5 Å². The molecule has 0 fully saturated rings. The van der Waals surface area contributed by atoms with Crippen molar-refractivity contribution in [2.75, 3.05) is 9.62 Å². The van der Waals surface area contributed by atoms with Crippen LogP contribution in [-0.4, -0.2) is 22.6 Å². The summed E-state index contributed by atoms with van der Waals surface area (Å²) in [6.07, 6.45) is 1.12. The molecular weight excluding hydrogens is 450 g/mol. The maximum absolute atomic E-state index is 13.4. The lowest BCUT2D eigenvalue weighted by Gasteiger charge is -2.31. The summed E-state index contributed by atoms with van der Waals surface area (Å²) in [5.41, 5.74) is 1.75. The van der Waals surface area contributed by atoms with E-state index in [1.54, 1.807) is 24.3 Å². The molecule has 1 heterocycles. The summed E-state index contributed by atoms with van der Waals surface area (Å²) in [4.78, 5) is 12.5. The average molecular weight is 470 g/mol. The van der Waals surface area contributed by atoms with Crippen LogP contribution in [0.1, 0.15) is 15.9 Å². The Morgan fingerprint density at radius 1 is 0.906 bits per heavy atom. The highest BCUT2D eigenvalue weighted by atomic mass is 32.2. The zero-order valence-corrected chi connectivity index (χ0v) is 18.3. The third-order valence-electron chi connectivity index (χ3n) is 4.93. The normalized spacial score (nSPS) is 16.6. The van der Waals surface area contributed by atoms with Gasteiger partial charge in [-0.05, 0) is 42.0 Å². The molecule has 164 valence electrons. The molecule has 3 aromatic carbocycles. The van der Waals surface area contributed by atoms with Gasteiger partial charge in [0.05, 0.1) is 17.1 Å². The Morgan fingerprint density at radius 2 is 1.53 bits per heavy atom. The van der Waals surface area contributed by atoms with Crippen LogP contribution in [0.2, 0.25) is 0 Å². The molecule has 0 spiro atoms. The van der Waals surface area contributed by atoms with E-state index in [1.807, 2.05) is 30.3 Å². The molecule has 10 heteroatoms. The fourth-order valence-electron chi connectivity index (χ4n) is 3.33. The first-order valence-electron chi connectivity index (χ1n) is 9.48. The number of sulfonamides is 2. The van der Waals surface area contributed by atoms with Crippen LogP contribution in [0.25, 0.3) is 0 Å². The summed E-state index contributed by atoms with van der Waals surface area (Å²) in [6, 6.07) is 21.0. The summed E-state index contributed by atoms with van der Waals surface area (Å²) in [5.74, 6) is -0.626. The number of nitrogens with zero attached hydrogens (tertiary/aromatic N) is 1. The van der Waals surface area contributed by atoms with E-state index in [-0.39, 0.29) is 17.0 Å². The number of allylic oxidation sites excluding steroid dienone is 1. The van der Waals surface area contributed by atoms with Crippen LogP contribution < -0.4 is 14.8 Å². The number of benzene rings is 3. The highest BCUT2D eigenvalue weighted by Crippen LogP contribution is 2.36. The number of rotatable bonds is 5. The Balaban J connectivity index is 1.73. The first-order valence-corrected chi connectivity index (χ1v) is 12.5. The molecule has 0 radical (unpaired) electrons. The fourth-order valence-corrected chi connectivity index (χ4v) is 5.37. The minimum absolute atomic E-state index is 0.0634. The van der Waals surface area contributed by atoms with Crippen molar-refractivity contribution < 1.29 is 21.6 Å². The number of ketones is 1. The monoisotopic (exact) mass is 469 g/mol. The van der Waals surface area contributed by atoms with Gasteiger partial charge < -0.3 is 5.32 Å². The molecule has 1 aliphatic rings. The number of nitrogens with two attached hydrogens (primary N) is 1. The second-order valence-corrected chi connectivity index (χ2v) is 10.5. The van der Waals surface area contributed by atoms with E-state index < -0.39 is 30.7 Å². The molecule has 0 amide bonds. The summed E-state index contributed by atoms with van der Waals surface area (Å²) < 4.78 is 50.8. The summed E-state index contributed by atoms with van der Waals surface area (Å²) in [6.45, 7) is 0.0634. The van der Waals surface area contributed by atoms with E-state index in [9.17, 15) is 21.6 Å². The molecule has 1 aliphatic heterocycles. The number of nitrogens with one attached hydrogen (secondary N) is 1. The molecule has 0 saturated carbocycles. The van der Waals surface area contributed by atoms with Gasteiger partial charge in [0.25, 0.3) is 10.0 Å². The second-order valence-electron chi connectivity index (χ2n) is 7.07. The Labute approximate surface area is 186 Å². The number of Topliss-reactive ketones (excluding diaryl/α,β-unsaturated/α-hetero) is 1. The minimum Gasteiger partial charge on any atom is -0.360 e. The predicted molar refractivity (Wildman–Crippen MR) is 122 cm³/mol. The van der Waals surface area contributed by atoms with Gasteiger partial charge in [-0.25, -0.2) is 22.0 Å². The highest BCUT2D eigenvalue weighted by Gasteiger charge is 2.40. The van der Waals surface area contributed by atoms with Gasteiger partial charge >= 0.3 is 0 Å². The molecule has 4 rings (SSSR count). The van der Waals surface area contributed by atoms with Crippen LogP contribution in [-0.2, 0) is 26.6 Å². The number of anilines is 2. The lowest BCUT2D eigenvalue weighted by Crippen LogP contribution is -2.39. The van der Waals surface area contributed by atoms with Crippen molar-refractivity contribution in [1.29, 1.82) is 0 Å². The molecule has 3 N–H and O–H groups in total. The van der Waals surface area contributed by atoms with E-state index >= 15 is 0 Å². The lowest BCUT2D eigenvalue weighted by molar-refractivity contribution is 0.104. The standard InChI is InChI=1S/C22H19N3O5S2/c23-31(27,28)18-12-10-17(11-13-18)24-14-21-22(26)19-8-4-5-9-20(19)25(32(21,29)30)15-16-6-2-1-3-7-16/h1-14,24H,15H2,(H2,23,27,28)/b21-14+. The maximum atomic E-state index is 13.4. The second kappa shape index (κ2) is 8.23. The van der Waals surface area contributed by atoms with Crippen LogP contribution in [0.5, 0.6) is 0 Å². The van der Waals surface area contributed by atoms with Crippen molar-refractivity contribution in [3.8, 4) is 0 Å². The van der Waals surface area contributed by atoms with Gasteiger partial charge in [-0.3, -0.25) is 9.10 Å². The number of para-hydroxylation sites is 1. The van der Waals surface area contributed by atoms with Crippen LogP contribution >= 0.6 is 0 Å². The number of hydrogen-bond acceptors (Lipinski definition) is 6. The minimum atomic E-state index is -4.16. The number of carbonyl (C=O) groups is 1. The largest absolute Gasteiger partial charge is 0.360 e. The van der Waals surface area contributed by atoms with Gasteiger partial charge in [-0.1, -0.05) is 42.5 Å². The maximum Gasteiger partial charge on any atom is 0.270 e. The van der Waals surface area contributed by atoms with Gasteiger partial charge in [-0.15, -0.1) is 0 Å². The van der Waals surface area contributed by atoms with Crippen molar-refractivity contribution in [3.63, 3.8) is 0 Å². The molecule has 0 aromatic heterocycles. The zero-order chi connectivity index (χ0) is 22.9. The van der Waals surface area contributed by atoms with Gasteiger partial charge in [0.15, 0.2) is 4.91 Å². The van der Waals surface area contributed by atoms with Crippen molar-refractivity contribution >= 4 is 37.2 Å². The van der Waals surface area contributed by atoms with E-state index in [0.717, 1.165) is 11.8 Å². The fraction of sp³-hybridized carbons (Fsp3) is 0.0455. The first kappa shape index (κ1) is 21.8. The molecule has 32 heavy (non-hydrogen) atoms.